The molecule has 4 aliphatic carbocycles. The number of carbonyl (C=O) groups is 2. The molecule has 4 fully saturated rings. The molecule has 2 aromatic rings. The summed E-state index contributed by atoms with van der Waals surface area (Å²) < 4.78 is 52.4. The molecular weight excluding hydrogens is 620 g/mol. The number of fused-ring (bicyclic) bond motifs is 7. The van der Waals surface area contributed by atoms with Crippen LogP contribution in [0.5, 0.6) is 11.5 Å². The van der Waals surface area contributed by atoms with Gasteiger partial charge in [0.2, 0.25) is 0 Å². The van der Waals surface area contributed by atoms with E-state index in [0.29, 0.717) is 17.1 Å². The molecule has 7 rings (SSSR count). The Morgan fingerprint density at radius 3 is 2.31 bits per heavy atom. The van der Waals surface area contributed by atoms with Crippen molar-refractivity contribution >= 4 is 17.3 Å². The predicted octanol–water partition coefficient (Wildman–Crippen LogP) is 6.33. The van der Waals surface area contributed by atoms with Crippen LogP contribution in [-0.4, -0.2) is 63.6 Å². The molecule has 0 aromatic heterocycles. The average Bonchev–Trinajstić information content (AvgIpc) is 3.53. The lowest BCUT2D eigenvalue weighted by atomic mass is 9.44. The number of allylic oxidation sites excluding steroid dienone is 4. The molecule has 1 aliphatic heterocycles. The molecule has 1 saturated heterocycles. The molecule has 3 saturated carbocycles. The van der Waals surface area contributed by atoms with Crippen LogP contribution in [0.1, 0.15) is 65.7 Å². The van der Waals surface area contributed by atoms with Gasteiger partial charge in [0.1, 0.15) is 24.3 Å². The van der Waals surface area contributed by atoms with Gasteiger partial charge in [0.05, 0.1) is 12.2 Å². The number of ketones is 2. The number of rotatable bonds is 6. The van der Waals surface area contributed by atoms with E-state index < -0.39 is 76.8 Å². The van der Waals surface area contributed by atoms with Gasteiger partial charge in [0, 0.05) is 33.5 Å². The van der Waals surface area contributed by atoms with Crippen molar-refractivity contribution in [2.24, 2.45) is 22.7 Å². The number of halogens is 2. The molecule has 1 heterocycles. The van der Waals surface area contributed by atoms with Crippen molar-refractivity contribution in [2.45, 2.75) is 95.4 Å². The summed E-state index contributed by atoms with van der Waals surface area (Å²) in [4.78, 5) is 25.9. The highest BCUT2D eigenvalue weighted by Gasteiger charge is 2.80. The monoisotopic (exact) mass is 663 g/mol. The number of carbonyl (C=O) groups excluding carboxylic acids is 2. The minimum atomic E-state index is -2.30. The third kappa shape index (κ3) is 4.66. The van der Waals surface area contributed by atoms with Crippen LogP contribution in [0.25, 0.3) is 0 Å². The Morgan fingerprint density at radius 2 is 1.69 bits per heavy atom. The third-order valence-electron chi connectivity index (χ3n) is 11.7. The summed E-state index contributed by atoms with van der Waals surface area (Å²) in [5, 5.41) is 25.3. The maximum absolute atomic E-state index is 17.6. The predicted molar refractivity (Wildman–Crippen MR) is 174 cm³/mol. The normalized spacial score (nSPS) is 39.9. The molecule has 10 atom stereocenters. The summed E-state index contributed by atoms with van der Waals surface area (Å²) >= 11 is 0. The summed E-state index contributed by atoms with van der Waals surface area (Å²) in [7, 11) is 0. The van der Waals surface area contributed by atoms with E-state index in [1.807, 2.05) is 24.3 Å². The van der Waals surface area contributed by atoms with Crippen LogP contribution in [0, 0.1) is 22.7 Å². The van der Waals surface area contributed by atoms with Crippen LogP contribution in [0.15, 0.2) is 72.3 Å². The summed E-state index contributed by atoms with van der Waals surface area (Å²) in [6, 6.07) is 14.7. The number of anilines is 1. The lowest BCUT2D eigenvalue weighted by Gasteiger charge is -2.63. The first kappa shape index (κ1) is 33.1. The molecule has 0 amide bonds. The second-order valence-corrected chi connectivity index (χ2v) is 15.6. The molecule has 256 valence electrons. The van der Waals surface area contributed by atoms with Crippen molar-refractivity contribution in [1.82, 2.24) is 0 Å². The summed E-state index contributed by atoms with van der Waals surface area (Å²) in [6.45, 7) is 8.71. The molecule has 8 nitrogen and oxygen atoms in total. The maximum atomic E-state index is 17.6. The van der Waals surface area contributed by atoms with Crippen LogP contribution >= 0.6 is 0 Å². The molecule has 10 heteroatoms. The number of benzene rings is 2. The highest BCUT2D eigenvalue weighted by molar-refractivity contribution is 6.01. The molecule has 2 aromatic carbocycles. The SMILES string of the molecule is CC(C)(C)Nc1ccc(Oc2ccc([C@@H]3O[C@@H]4C[C@H]5[C@@H]6C[C@H](F)C7=CC(=O)C=C[C@]7(C)[C@@]6(F)[C@@H](O)C[C@]5(C)[C@]4(C(=O)CO)O3)cc2)cc1. The van der Waals surface area contributed by atoms with Crippen molar-refractivity contribution < 1.29 is 42.8 Å². The van der Waals surface area contributed by atoms with Crippen molar-refractivity contribution in [3.63, 3.8) is 0 Å². The maximum Gasteiger partial charge on any atom is 0.193 e. The van der Waals surface area contributed by atoms with Gasteiger partial charge in [-0.25, -0.2) is 8.78 Å². The van der Waals surface area contributed by atoms with Crippen LogP contribution in [0.3, 0.4) is 0 Å². The van der Waals surface area contributed by atoms with E-state index in [1.165, 1.54) is 19.1 Å². The third-order valence-corrected chi connectivity index (χ3v) is 11.7. The number of hydrogen-bond acceptors (Lipinski definition) is 8. The molecule has 0 spiro atoms. The van der Waals surface area contributed by atoms with Gasteiger partial charge in [-0.1, -0.05) is 25.1 Å². The van der Waals surface area contributed by atoms with Crippen molar-refractivity contribution in [3.05, 3.63) is 77.9 Å². The van der Waals surface area contributed by atoms with E-state index in [4.69, 9.17) is 14.2 Å². The fraction of sp³-hybridized carbons (Fsp3) is 0.526. The second kappa shape index (κ2) is 11.0. The molecule has 3 N–H and O–H groups in total. The van der Waals surface area contributed by atoms with Gasteiger partial charge in [-0.2, -0.15) is 0 Å². The van der Waals surface area contributed by atoms with E-state index >= 15 is 8.78 Å². The fourth-order valence-corrected chi connectivity index (χ4v) is 9.58. The van der Waals surface area contributed by atoms with E-state index in [0.717, 1.165) is 11.8 Å². The van der Waals surface area contributed by atoms with E-state index in [9.17, 15) is 19.8 Å². The van der Waals surface area contributed by atoms with Gasteiger partial charge in [-0.3, -0.25) is 9.59 Å². The number of nitrogens with one attached hydrogen (secondary N) is 1. The Bertz CT molecular complexity index is 1690. The molecular formula is C38H43F2NO7. The number of aliphatic hydroxyl groups is 2. The summed E-state index contributed by atoms with van der Waals surface area (Å²) in [6.07, 6.45) is -1.56. The van der Waals surface area contributed by atoms with Crippen LogP contribution in [0.2, 0.25) is 0 Å². The minimum absolute atomic E-state index is 0.0327. The first-order chi connectivity index (χ1) is 22.6. The van der Waals surface area contributed by atoms with Gasteiger partial charge in [-0.05, 0) is 107 Å². The second-order valence-electron chi connectivity index (χ2n) is 15.6. The standard InChI is InChI=1S/C38H43F2NO7/c1-34(2,3)41-22-8-12-25(13-9-22)46-24-10-6-21(7-11-24)33-47-32-18-26-27-17-29(39)28-16-23(43)14-15-35(28,4)37(27,40)30(44)19-36(26,5)38(32,48-33)31(45)20-42/h6-16,26-27,29-30,32-33,41-42,44H,17-20H2,1-5H3/t26-,27-,29-,30-,32+,33+,35-,36-,37-,38+/m0/s1. The van der Waals surface area contributed by atoms with E-state index in [-0.39, 0.29) is 30.4 Å². The zero-order valence-corrected chi connectivity index (χ0v) is 27.8. The van der Waals surface area contributed by atoms with Gasteiger partial charge in [0.15, 0.2) is 29.1 Å². The first-order valence-corrected chi connectivity index (χ1v) is 16.7. The zero-order chi connectivity index (χ0) is 34.4. The largest absolute Gasteiger partial charge is 0.457 e. The van der Waals surface area contributed by atoms with Gasteiger partial charge < -0.3 is 29.7 Å². The van der Waals surface area contributed by atoms with Crippen LogP contribution in [0.4, 0.5) is 14.5 Å². The molecule has 5 aliphatic rings. The number of Topliss-reactive ketones (excluding diaryl/α,β-unsaturated/α-hetero) is 1. The molecule has 48 heavy (non-hydrogen) atoms. The fourth-order valence-electron chi connectivity index (χ4n) is 9.58. The lowest BCUT2D eigenvalue weighted by Crippen LogP contribution is -2.70. The average molecular weight is 664 g/mol. The number of alkyl halides is 2. The highest BCUT2D eigenvalue weighted by atomic mass is 19.1. The number of aliphatic hydroxyl groups excluding tert-OH is 2. The van der Waals surface area contributed by atoms with Gasteiger partial charge in [-0.15, -0.1) is 0 Å². The smallest absolute Gasteiger partial charge is 0.193 e. The van der Waals surface area contributed by atoms with Crippen LogP contribution in [-0.2, 0) is 19.1 Å². The van der Waals surface area contributed by atoms with E-state index in [2.05, 4.69) is 26.1 Å². The quantitative estimate of drug-likeness (QED) is 0.329. The van der Waals surface area contributed by atoms with Gasteiger partial charge in [0.25, 0.3) is 0 Å². The summed E-state index contributed by atoms with van der Waals surface area (Å²) in [5.41, 5.74) is -5.18. The Kier molecular flexibility index (Phi) is 7.60. The highest BCUT2D eigenvalue weighted by Crippen LogP contribution is 2.72. The van der Waals surface area contributed by atoms with Gasteiger partial charge >= 0.3 is 0 Å². The zero-order valence-electron chi connectivity index (χ0n) is 27.8. The minimum Gasteiger partial charge on any atom is -0.457 e. The lowest BCUT2D eigenvalue weighted by molar-refractivity contribution is -0.235. The number of hydrogen-bond donors (Lipinski definition) is 3. The topological polar surface area (TPSA) is 114 Å². The van der Waals surface area contributed by atoms with Crippen molar-refractivity contribution in [3.8, 4) is 11.5 Å². The first-order valence-electron chi connectivity index (χ1n) is 16.7. The van der Waals surface area contributed by atoms with Crippen LogP contribution < -0.4 is 10.1 Å². The Morgan fingerprint density at radius 1 is 1.04 bits per heavy atom. The molecule has 0 bridgehead atoms. The Hall–Kier alpha value is -3.44. The number of ether oxygens (including phenoxy) is 3. The molecule has 0 unspecified atom stereocenters. The Labute approximate surface area is 279 Å². The van der Waals surface area contributed by atoms with E-state index in [1.54, 1.807) is 31.2 Å². The van der Waals surface area contributed by atoms with Crippen molar-refractivity contribution in [2.75, 3.05) is 11.9 Å². The van der Waals surface area contributed by atoms with Crippen molar-refractivity contribution in [1.29, 1.82) is 0 Å². The molecule has 0 radical (unpaired) electrons. The Balaban J connectivity index is 1.15. The summed E-state index contributed by atoms with van der Waals surface area (Å²) in [5.74, 6) is -1.42.